The second-order valence-corrected chi connectivity index (χ2v) is 7.16. The van der Waals surface area contributed by atoms with Crippen molar-refractivity contribution in [1.82, 2.24) is 20.3 Å². The summed E-state index contributed by atoms with van der Waals surface area (Å²) in [6.07, 6.45) is 4.00. The monoisotopic (exact) mass is 384 g/mol. The Bertz CT molecular complexity index is 938. The molecule has 2 aromatic carbocycles. The van der Waals surface area contributed by atoms with Crippen molar-refractivity contribution >= 4 is 17.5 Å². The zero-order valence-electron chi connectivity index (χ0n) is 14.6. The van der Waals surface area contributed by atoms with Crippen LogP contribution >= 0.6 is 11.6 Å². The van der Waals surface area contributed by atoms with E-state index in [9.17, 15) is 9.18 Å². The minimum atomic E-state index is -0.348. The van der Waals surface area contributed by atoms with Gasteiger partial charge in [-0.3, -0.25) is 4.79 Å². The third kappa shape index (κ3) is 3.57. The van der Waals surface area contributed by atoms with Gasteiger partial charge in [-0.25, -0.2) is 9.07 Å². The van der Waals surface area contributed by atoms with Gasteiger partial charge in [0.1, 0.15) is 5.82 Å². The van der Waals surface area contributed by atoms with Crippen molar-refractivity contribution in [2.24, 2.45) is 5.92 Å². The van der Waals surface area contributed by atoms with Crippen molar-refractivity contribution in [1.29, 1.82) is 0 Å². The fourth-order valence-electron chi connectivity index (χ4n) is 3.33. The molecule has 5 nitrogen and oxygen atoms in total. The molecule has 3 aromatic rings. The van der Waals surface area contributed by atoms with Crippen molar-refractivity contribution in [3.63, 3.8) is 0 Å². The Morgan fingerprint density at radius 3 is 2.74 bits per heavy atom. The normalized spacial score (nSPS) is 19.5. The molecule has 1 aliphatic rings. The molecule has 138 valence electrons. The van der Waals surface area contributed by atoms with E-state index in [0.717, 1.165) is 11.3 Å². The standard InChI is InChI=1S/C20H18ClFN4O/c1-12(13-5-7-14(8-6-13)26-10-9-23-25-26)24-20(27)16-11-15(16)19-17(21)3-2-4-18(19)22/h2-10,12,15-16H,11H2,1H3,(H,24,27)/t12-,15-,16-/m0/s1. The van der Waals surface area contributed by atoms with Crippen molar-refractivity contribution in [3.8, 4) is 5.69 Å². The van der Waals surface area contributed by atoms with Gasteiger partial charge in [0, 0.05) is 22.4 Å². The lowest BCUT2D eigenvalue weighted by molar-refractivity contribution is -0.123. The van der Waals surface area contributed by atoms with E-state index in [2.05, 4.69) is 15.6 Å². The largest absolute Gasteiger partial charge is 0.349 e. The van der Waals surface area contributed by atoms with Crippen LogP contribution in [0.1, 0.15) is 36.4 Å². The lowest BCUT2D eigenvalue weighted by Gasteiger charge is -2.15. The van der Waals surface area contributed by atoms with Crippen LogP contribution in [0.4, 0.5) is 4.39 Å². The second kappa shape index (κ2) is 7.12. The Balaban J connectivity index is 1.40. The molecule has 0 unspecified atom stereocenters. The van der Waals surface area contributed by atoms with Crippen LogP contribution in [-0.2, 0) is 4.79 Å². The Kier molecular flexibility index (Phi) is 4.66. The van der Waals surface area contributed by atoms with Crippen LogP contribution in [0.25, 0.3) is 5.69 Å². The van der Waals surface area contributed by atoms with Crippen LogP contribution < -0.4 is 5.32 Å². The molecule has 1 aliphatic carbocycles. The zero-order chi connectivity index (χ0) is 19.0. The molecule has 4 rings (SSSR count). The molecule has 0 saturated heterocycles. The minimum absolute atomic E-state index is 0.0767. The molecular weight excluding hydrogens is 367 g/mol. The number of benzene rings is 2. The topological polar surface area (TPSA) is 59.8 Å². The molecule has 0 bridgehead atoms. The van der Waals surface area contributed by atoms with Crippen molar-refractivity contribution < 1.29 is 9.18 Å². The van der Waals surface area contributed by atoms with Gasteiger partial charge in [-0.05, 0) is 43.2 Å². The summed E-state index contributed by atoms with van der Waals surface area (Å²) < 4.78 is 15.7. The maximum Gasteiger partial charge on any atom is 0.224 e. The van der Waals surface area contributed by atoms with Gasteiger partial charge >= 0.3 is 0 Å². The summed E-state index contributed by atoms with van der Waals surface area (Å²) in [5, 5.41) is 11.1. The summed E-state index contributed by atoms with van der Waals surface area (Å²) in [6, 6.07) is 12.2. The van der Waals surface area contributed by atoms with Gasteiger partial charge in [0.2, 0.25) is 5.91 Å². The molecule has 0 radical (unpaired) electrons. The third-order valence-electron chi connectivity index (χ3n) is 4.94. The summed E-state index contributed by atoms with van der Waals surface area (Å²) in [7, 11) is 0. The molecule has 7 heteroatoms. The number of nitrogens with zero attached hydrogens (tertiary/aromatic N) is 3. The fourth-order valence-corrected chi connectivity index (χ4v) is 3.64. The van der Waals surface area contributed by atoms with E-state index >= 15 is 0 Å². The molecule has 27 heavy (non-hydrogen) atoms. The van der Waals surface area contributed by atoms with Gasteiger partial charge in [-0.1, -0.05) is 35.0 Å². The first-order valence-corrected chi connectivity index (χ1v) is 9.13. The Morgan fingerprint density at radius 1 is 1.30 bits per heavy atom. The first-order valence-electron chi connectivity index (χ1n) is 8.75. The molecule has 0 spiro atoms. The van der Waals surface area contributed by atoms with E-state index < -0.39 is 0 Å². The minimum Gasteiger partial charge on any atom is -0.349 e. The number of carbonyl (C=O) groups excluding carboxylic acids is 1. The average Bonchev–Trinajstić information content (AvgIpc) is 3.24. The van der Waals surface area contributed by atoms with E-state index in [1.54, 1.807) is 29.2 Å². The van der Waals surface area contributed by atoms with Crippen LogP contribution in [0.5, 0.6) is 0 Å². The van der Waals surface area contributed by atoms with E-state index in [-0.39, 0.29) is 29.6 Å². The molecule has 1 N–H and O–H groups in total. The maximum absolute atomic E-state index is 14.0. The molecule has 1 saturated carbocycles. The number of aromatic nitrogens is 3. The number of hydrogen-bond donors (Lipinski definition) is 1. The summed E-state index contributed by atoms with van der Waals surface area (Å²) in [5.41, 5.74) is 2.32. The SMILES string of the molecule is C[C@H](NC(=O)[C@H]1C[C@@H]1c1c(F)cccc1Cl)c1ccc(-n2ccnn2)cc1. The van der Waals surface area contributed by atoms with Crippen molar-refractivity contribution in [2.75, 3.05) is 0 Å². The van der Waals surface area contributed by atoms with Gasteiger partial charge in [-0.2, -0.15) is 0 Å². The van der Waals surface area contributed by atoms with Crippen LogP contribution in [0, 0.1) is 11.7 Å². The van der Waals surface area contributed by atoms with Gasteiger partial charge < -0.3 is 5.32 Å². The molecule has 1 fully saturated rings. The fraction of sp³-hybridized carbons (Fsp3) is 0.250. The predicted molar refractivity (Wildman–Crippen MR) is 100 cm³/mol. The Hall–Kier alpha value is -2.73. The number of nitrogens with one attached hydrogen (secondary N) is 1. The molecule has 1 heterocycles. The third-order valence-corrected chi connectivity index (χ3v) is 5.27. The van der Waals surface area contributed by atoms with Gasteiger partial charge in [0.15, 0.2) is 0 Å². The van der Waals surface area contributed by atoms with Crippen LogP contribution in [0.2, 0.25) is 5.02 Å². The quantitative estimate of drug-likeness (QED) is 0.722. The van der Waals surface area contributed by atoms with Crippen LogP contribution in [0.15, 0.2) is 54.9 Å². The van der Waals surface area contributed by atoms with Gasteiger partial charge in [-0.15, -0.1) is 5.10 Å². The highest BCUT2D eigenvalue weighted by molar-refractivity contribution is 6.31. The van der Waals surface area contributed by atoms with Crippen LogP contribution in [0.3, 0.4) is 0 Å². The van der Waals surface area contributed by atoms with Gasteiger partial charge in [0.25, 0.3) is 0 Å². The first-order chi connectivity index (χ1) is 13.0. The molecule has 1 aromatic heterocycles. The molecule has 3 atom stereocenters. The number of halogens is 2. The maximum atomic E-state index is 14.0. The number of rotatable bonds is 5. The van der Waals surface area contributed by atoms with E-state index in [4.69, 9.17) is 11.6 Å². The Morgan fingerprint density at radius 2 is 2.07 bits per heavy atom. The predicted octanol–water partition coefficient (Wildman–Crippen LogP) is 4.04. The average molecular weight is 385 g/mol. The molecular formula is C20H18ClFN4O. The highest BCUT2D eigenvalue weighted by Gasteiger charge is 2.46. The number of carbonyl (C=O) groups is 1. The van der Waals surface area contributed by atoms with Gasteiger partial charge in [0.05, 0.1) is 24.1 Å². The Labute approximate surface area is 161 Å². The highest BCUT2D eigenvalue weighted by atomic mass is 35.5. The molecule has 1 amide bonds. The number of amides is 1. The zero-order valence-corrected chi connectivity index (χ0v) is 15.4. The van der Waals surface area contributed by atoms with E-state index in [1.807, 2.05) is 31.2 Å². The van der Waals surface area contributed by atoms with E-state index in [1.165, 1.54) is 6.07 Å². The first kappa shape index (κ1) is 17.7. The number of hydrogen-bond acceptors (Lipinski definition) is 3. The summed E-state index contributed by atoms with van der Waals surface area (Å²) >= 11 is 6.11. The van der Waals surface area contributed by atoms with Crippen molar-refractivity contribution in [2.45, 2.75) is 25.3 Å². The van der Waals surface area contributed by atoms with Crippen LogP contribution in [-0.4, -0.2) is 20.9 Å². The summed E-state index contributed by atoms with van der Waals surface area (Å²) in [6.45, 7) is 1.93. The smallest absolute Gasteiger partial charge is 0.224 e. The van der Waals surface area contributed by atoms with Crippen molar-refractivity contribution in [3.05, 3.63) is 76.8 Å². The molecule has 0 aliphatic heterocycles. The van der Waals surface area contributed by atoms with E-state index in [0.29, 0.717) is 17.0 Å². The highest BCUT2D eigenvalue weighted by Crippen LogP contribution is 2.50. The second-order valence-electron chi connectivity index (χ2n) is 6.75. The summed E-state index contributed by atoms with van der Waals surface area (Å²) in [5.74, 6) is -0.816. The lowest BCUT2D eigenvalue weighted by atomic mass is 10.1. The lowest BCUT2D eigenvalue weighted by Crippen LogP contribution is -2.28. The summed E-state index contributed by atoms with van der Waals surface area (Å²) in [4.78, 5) is 12.6.